The molecule has 1 heterocycles. The third-order valence-corrected chi connectivity index (χ3v) is 6.92. The highest BCUT2D eigenvalue weighted by Crippen LogP contribution is 2.29. The molecule has 8 heteroatoms. The van der Waals surface area contributed by atoms with Crippen LogP contribution in [0.3, 0.4) is 0 Å². The van der Waals surface area contributed by atoms with Crippen LogP contribution in [0.15, 0.2) is 59.6 Å². The summed E-state index contributed by atoms with van der Waals surface area (Å²) in [6.07, 6.45) is 2.72. The van der Waals surface area contributed by atoms with Crippen molar-refractivity contribution in [3.05, 3.63) is 65.7 Å². The second-order valence-corrected chi connectivity index (χ2v) is 9.35. The van der Waals surface area contributed by atoms with Crippen molar-refractivity contribution in [1.29, 1.82) is 0 Å². The minimum Gasteiger partial charge on any atom is -0.355 e. The topological polar surface area (TPSA) is 73.8 Å². The van der Waals surface area contributed by atoms with Gasteiger partial charge in [0.05, 0.1) is 11.4 Å². The van der Waals surface area contributed by atoms with Gasteiger partial charge in [-0.05, 0) is 43.4 Å². The molecular weight excluding hydrogens is 511 g/mol. The van der Waals surface area contributed by atoms with E-state index in [9.17, 15) is 8.42 Å². The molecule has 3 rings (SSSR count). The van der Waals surface area contributed by atoms with Gasteiger partial charge in [0.1, 0.15) is 0 Å². The van der Waals surface area contributed by atoms with Crippen molar-refractivity contribution in [2.75, 3.05) is 30.2 Å². The number of benzene rings is 2. The standard InChI is InChI=1S/C22H30N4O2S.HI/c1-18(12-13-19-8-4-3-5-9-19)25-22(23-2)24-15-17-29(27,28)26-16-14-20-10-6-7-11-21(20)26;/h3-11,18H,12-17H2,1-2H3,(H2,23,24,25);1H. The highest BCUT2D eigenvalue weighted by atomic mass is 127. The van der Waals surface area contributed by atoms with E-state index in [0.29, 0.717) is 19.0 Å². The molecule has 0 aromatic heterocycles. The van der Waals surface area contributed by atoms with E-state index in [1.807, 2.05) is 42.5 Å². The normalized spacial score (nSPS) is 14.6. The number of guanidine groups is 1. The van der Waals surface area contributed by atoms with Gasteiger partial charge in [0.2, 0.25) is 10.0 Å². The van der Waals surface area contributed by atoms with Crippen LogP contribution in [-0.2, 0) is 22.9 Å². The Hall–Kier alpha value is -1.81. The third kappa shape index (κ3) is 6.60. The fourth-order valence-corrected chi connectivity index (χ4v) is 4.96. The third-order valence-electron chi connectivity index (χ3n) is 5.15. The molecular formula is C22H31IN4O2S. The second kappa shape index (κ2) is 11.5. The lowest BCUT2D eigenvalue weighted by atomic mass is 10.1. The van der Waals surface area contributed by atoms with E-state index < -0.39 is 10.0 Å². The minimum absolute atomic E-state index is 0. The van der Waals surface area contributed by atoms with Gasteiger partial charge >= 0.3 is 0 Å². The SMILES string of the molecule is CN=C(NCCS(=O)(=O)N1CCc2ccccc21)NC(C)CCc1ccccc1.I. The van der Waals surface area contributed by atoms with E-state index in [2.05, 4.69) is 34.7 Å². The number of hydrogen-bond acceptors (Lipinski definition) is 3. The molecule has 0 amide bonds. The Balaban J connectivity index is 0.00000320. The number of hydrogen-bond donors (Lipinski definition) is 2. The maximum Gasteiger partial charge on any atom is 0.236 e. The Kier molecular flexibility index (Phi) is 9.41. The highest BCUT2D eigenvalue weighted by molar-refractivity contribution is 14.0. The van der Waals surface area contributed by atoms with E-state index in [0.717, 1.165) is 30.5 Å². The number of para-hydroxylation sites is 1. The van der Waals surface area contributed by atoms with Crippen LogP contribution in [0.4, 0.5) is 5.69 Å². The first-order valence-corrected chi connectivity index (χ1v) is 11.7. The van der Waals surface area contributed by atoms with Gasteiger partial charge < -0.3 is 10.6 Å². The predicted octanol–water partition coefficient (Wildman–Crippen LogP) is 3.18. The minimum atomic E-state index is -3.36. The van der Waals surface area contributed by atoms with Crippen LogP contribution in [0, 0.1) is 0 Å². The summed E-state index contributed by atoms with van der Waals surface area (Å²) in [6.45, 7) is 2.94. The Morgan fingerprint density at radius 1 is 1.13 bits per heavy atom. The van der Waals surface area contributed by atoms with Crippen molar-refractivity contribution in [2.45, 2.75) is 32.2 Å². The molecule has 2 aromatic carbocycles. The molecule has 1 atom stereocenters. The number of sulfonamides is 1. The summed E-state index contributed by atoms with van der Waals surface area (Å²) < 4.78 is 27.1. The summed E-state index contributed by atoms with van der Waals surface area (Å²) in [5.74, 6) is 0.656. The van der Waals surface area contributed by atoms with Crippen LogP contribution in [0.2, 0.25) is 0 Å². The lowest BCUT2D eigenvalue weighted by Crippen LogP contribution is -2.45. The number of nitrogens with one attached hydrogen (secondary N) is 2. The maximum atomic E-state index is 12.8. The number of nitrogens with zero attached hydrogens (tertiary/aromatic N) is 2. The molecule has 0 saturated heterocycles. The zero-order chi connectivity index (χ0) is 20.7. The smallest absolute Gasteiger partial charge is 0.236 e. The average molecular weight is 542 g/mol. The van der Waals surface area contributed by atoms with Crippen LogP contribution in [0.25, 0.3) is 0 Å². The van der Waals surface area contributed by atoms with E-state index >= 15 is 0 Å². The fourth-order valence-electron chi connectivity index (χ4n) is 3.53. The molecule has 0 fully saturated rings. The van der Waals surface area contributed by atoms with Gasteiger partial charge in [0.25, 0.3) is 0 Å². The van der Waals surface area contributed by atoms with Crippen LogP contribution in [0.1, 0.15) is 24.5 Å². The molecule has 164 valence electrons. The van der Waals surface area contributed by atoms with Crippen LogP contribution >= 0.6 is 24.0 Å². The summed E-state index contributed by atoms with van der Waals surface area (Å²) in [7, 11) is -1.67. The van der Waals surface area contributed by atoms with E-state index in [-0.39, 0.29) is 35.8 Å². The number of fused-ring (bicyclic) bond motifs is 1. The van der Waals surface area contributed by atoms with Gasteiger partial charge in [-0.15, -0.1) is 24.0 Å². The first-order valence-electron chi connectivity index (χ1n) is 10.1. The van der Waals surface area contributed by atoms with Crippen molar-refractivity contribution in [1.82, 2.24) is 10.6 Å². The van der Waals surface area contributed by atoms with E-state index in [1.165, 1.54) is 9.87 Å². The number of rotatable bonds is 8. The van der Waals surface area contributed by atoms with Crippen molar-refractivity contribution in [3.8, 4) is 0 Å². The molecule has 2 N–H and O–H groups in total. The van der Waals surface area contributed by atoms with Crippen molar-refractivity contribution < 1.29 is 8.42 Å². The molecule has 0 aliphatic carbocycles. The zero-order valence-electron chi connectivity index (χ0n) is 17.5. The Morgan fingerprint density at radius 2 is 1.83 bits per heavy atom. The summed E-state index contributed by atoms with van der Waals surface area (Å²) in [5.41, 5.74) is 3.21. The summed E-state index contributed by atoms with van der Waals surface area (Å²) in [4.78, 5) is 4.22. The molecule has 0 saturated carbocycles. The summed E-state index contributed by atoms with van der Waals surface area (Å²) in [6, 6.07) is 18.3. The Labute approximate surface area is 197 Å². The maximum absolute atomic E-state index is 12.8. The summed E-state index contributed by atoms with van der Waals surface area (Å²) >= 11 is 0. The molecule has 30 heavy (non-hydrogen) atoms. The van der Waals surface area contributed by atoms with Crippen LogP contribution in [0.5, 0.6) is 0 Å². The molecule has 1 aliphatic heterocycles. The number of aliphatic imine (C=N–C) groups is 1. The molecule has 0 radical (unpaired) electrons. The largest absolute Gasteiger partial charge is 0.355 e. The second-order valence-electron chi connectivity index (χ2n) is 7.34. The first kappa shape index (κ1) is 24.5. The van der Waals surface area contributed by atoms with E-state index in [4.69, 9.17) is 0 Å². The van der Waals surface area contributed by atoms with Crippen molar-refractivity contribution in [3.63, 3.8) is 0 Å². The molecule has 0 spiro atoms. The van der Waals surface area contributed by atoms with Gasteiger partial charge in [-0.1, -0.05) is 48.5 Å². The molecule has 2 aromatic rings. The summed E-state index contributed by atoms with van der Waals surface area (Å²) in [5, 5.41) is 6.47. The lowest BCUT2D eigenvalue weighted by molar-refractivity contribution is 0.586. The van der Waals surface area contributed by atoms with Crippen molar-refractivity contribution >= 4 is 45.6 Å². The molecule has 1 aliphatic rings. The highest BCUT2D eigenvalue weighted by Gasteiger charge is 2.28. The van der Waals surface area contributed by atoms with Gasteiger partial charge in [-0.2, -0.15) is 0 Å². The monoisotopic (exact) mass is 542 g/mol. The lowest BCUT2D eigenvalue weighted by Gasteiger charge is -2.21. The van der Waals surface area contributed by atoms with Crippen LogP contribution < -0.4 is 14.9 Å². The predicted molar refractivity (Wildman–Crippen MR) is 135 cm³/mol. The molecule has 6 nitrogen and oxygen atoms in total. The average Bonchev–Trinajstić information content (AvgIpc) is 3.17. The number of anilines is 1. The Morgan fingerprint density at radius 3 is 2.57 bits per heavy atom. The number of aryl methyl sites for hydroxylation is 1. The fraction of sp³-hybridized carbons (Fsp3) is 0.409. The van der Waals surface area contributed by atoms with Gasteiger partial charge in [0, 0.05) is 26.2 Å². The van der Waals surface area contributed by atoms with Crippen molar-refractivity contribution in [2.24, 2.45) is 4.99 Å². The quantitative estimate of drug-likeness (QED) is 0.306. The Bertz CT molecular complexity index is 935. The first-order chi connectivity index (χ1) is 14.0. The zero-order valence-corrected chi connectivity index (χ0v) is 20.7. The molecule has 0 bridgehead atoms. The van der Waals surface area contributed by atoms with Gasteiger partial charge in [-0.25, -0.2) is 8.42 Å². The van der Waals surface area contributed by atoms with Gasteiger partial charge in [-0.3, -0.25) is 9.30 Å². The number of halogens is 1. The van der Waals surface area contributed by atoms with Gasteiger partial charge in [0.15, 0.2) is 5.96 Å². The van der Waals surface area contributed by atoms with Crippen LogP contribution in [-0.4, -0.2) is 46.3 Å². The van der Waals surface area contributed by atoms with E-state index in [1.54, 1.807) is 7.05 Å². The molecule has 1 unspecified atom stereocenters.